The molecule has 0 aliphatic heterocycles. The second-order valence-corrected chi connectivity index (χ2v) is 4.26. The number of rotatable bonds is 2. The predicted octanol–water partition coefficient (Wildman–Crippen LogP) is 2.55. The molecule has 0 atom stereocenters. The number of anilines is 3. The second-order valence-electron chi connectivity index (χ2n) is 4.26. The largest absolute Gasteiger partial charge is 0.399 e. The normalized spacial score (nSPS) is 10.2. The first-order valence-corrected chi connectivity index (χ1v) is 5.70. The van der Waals surface area contributed by atoms with Crippen LogP contribution in [0.15, 0.2) is 36.4 Å². The first kappa shape index (κ1) is 12.9. The fraction of sp³-hybridized carbons (Fsp3) is 0.0714. The molecule has 2 rings (SSSR count). The summed E-state index contributed by atoms with van der Waals surface area (Å²) >= 11 is 0. The van der Waals surface area contributed by atoms with Gasteiger partial charge in [0.15, 0.2) is 0 Å². The molecule has 2 aromatic carbocycles. The third-order valence-corrected chi connectivity index (χ3v) is 2.76. The molecule has 1 amide bonds. The number of carbonyl (C=O) groups is 1. The summed E-state index contributed by atoms with van der Waals surface area (Å²) in [6, 6.07) is 8.82. The minimum Gasteiger partial charge on any atom is -0.399 e. The van der Waals surface area contributed by atoms with E-state index in [9.17, 15) is 9.18 Å². The third kappa shape index (κ3) is 2.82. The fourth-order valence-corrected chi connectivity index (χ4v) is 1.74. The van der Waals surface area contributed by atoms with Crippen molar-refractivity contribution in [3.8, 4) is 0 Å². The maximum Gasteiger partial charge on any atom is 0.257 e. The fourth-order valence-electron chi connectivity index (χ4n) is 1.74. The monoisotopic (exact) mass is 259 g/mol. The molecule has 0 aliphatic rings. The molecular weight excluding hydrogens is 245 g/mol. The Balaban J connectivity index is 2.25. The van der Waals surface area contributed by atoms with E-state index in [-0.39, 0.29) is 11.7 Å². The van der Waals surface area contributed by atoms with Crippen molar-refractivity contribution in [2.24, 2.45) is 0 Å². The van der Waals surface area contributed by atoms with Crippen LogP contribution < -0.4 is 16.8 Å². The van der Waals surface area contributed by atoms with Gasteiger partial charge < -0.3 is 16.8 Å². The van der Waals surface area contributed by atoms with Crippen molar-refractivity contribution in [2.75, 3.05) is 16.8 Å². The molecule has 0 aromatic heterocycles. The van der Waals surface area contributed by atoms with E-state index < -0.39 is 0 Å². The highest BCUT2D eigenvalue weighted by Gasteiger charge is 2.11. The highest BCUT2D eigenvalue weighted by Crippen LogP contribution is 2.20. The number of hydrogen-bond acceptors (Lipinski definition) is 3. The maximum atomic E-state index is 13.0. The predicted molar refractivity (Wildman–Crippen MR) is 74.4 cm³/mol. The van der Waals surface area contributed by atoms with E-state index in [1.165, 1.54) is 24.3 Å². The van der Waals surface area contributed by atoms with Crippen molar-refractivity contribution in [3.63, 3.8) is 0 Å². The average molecular weight is 259 g/mol. The van der Waals surface area contributed by atoms with Gasteiger partial charge in [-0.05, 0) is 48.9 Å². The van der Waals surface area contributed by atoms with Crippen LogP contribution in [0.3, 0.4) is 0 Å². The van der Waals surface area contributed by atoms with Gasteiger partial charge in [-0.25, -0.2) is 4.39 Å². The Morgan fingerprint density at radius 3 is 2.53 bits per heavy atom. The lowest BCUT2D eigenvalue weighted by molar-refractivity contribution is 0.102. The molecule has 0 bridgehead atoms. The number of aryl methyl sites for hydroxylation is 1. The van der Waals surface area contributed by atoms with Crippen LogP contribution in [0.4, 0.5) is 21.5 Å². The van der Waals surface area contributed by atoms with E-state index in [0.717, 1.165) is 0 Å². The molecule has 0 heterocycles. The Labute approximate surface area is 110 Å². The molecular formula is C14H14FN3O. The van der Waals surface area contributed by atoms with Crippen LogP contribution in [0.1, 0.15) is 15.9 Å². The van der Waals surface area contributed by atoms with E-state index in [0.29, 0.717) is 28.2 Å². The Morgan fingerprint density at radius 2 is 1.89 bits per heavy atom. The van der Waals surface area contributed by atoms with Crippen molar-refractivity contribution >= 4 is 23.0 Å². The van der Waals surface area contributed by atoms with Crippen LogP contribution in [-0.4, -0.2) is 5.91 Å². The van der Waals surface area contributed by atoms with Crippen LogP contribution in [0.2, 0.25) is 0 Å². The summed E-state index contributed by atoms with van der Waals surface area (Å²) in [7, 11) is 0. The standard InChI is InChI=1S/C14H14FN3O/c1-8-6-9(15)2-5-13(8)18-14(19)11-4-3-10(16)7-12(11)17/h2-7H,16-17H2,1H3,(H,18,19). The van der Waals surface area contributed by atoms with Gasteiger partial charge in [0.2, 0.25) is 0 Å². The number of amides is 1. The summed E-state index contributed by atoms with van der Waals surface area (Å²) in [4.78, 5) is 12.1. The van der Waals surface area contributed by atoms with Crippen molar-refractivity contribution in [2.45, 2.75) is 6.92 Å². The van der Waals surface area contributed by atoms with Gasteiger partial charge in [0.1, 0.15) is 5.82 Å². The van der Waals surface area contributed by atoms with Gasteiger partial charge in [-0.1, -0.05) is 0 Å². The number of carbonyl (C=O) groups excluding carboxylic acids is 1. The van der Waals surface area contributed by atoms with E-state index in [1.807, 2.05) is 0 Å². The SMILES string of the molecule is Cc1cc(F)ccc1NC(=O)c1ccc(N)cc1N. The maximum absolute atomic E-state index is 13.0. The van der Waals surface area contributed by atoms with Gasteiger partial charge >= 0.3 is 0 Å². The molecule has 4 nitrogen and oxygen atoms in total. The summed E-state index contributed by atoms with van der Waals surface area (Å²) in [5.41, 5.74) is 13.6. The highest BCUT2D eigenvalue weighted by atomic mass is 19.1. The molecule has 0 radical (unpaired) electrons. The van der Waals surface area contributed by atoms with Crippen LogP contribution in [0, 0.1) is 12.7 Å². The average Bonchev–Trinajstić information content (AvgIpc) is 2.32. The van der Waals surface area contributed by atoms with E-state index >= 15 is 0 Å². The molecule has 2 aromatic rings. The Bertz CT molecular complexity index is 641. The van der Waals surface area contributed by atoms with Crippen molar-refractivity contribution in [1.82, 2.24) is 0 Å². The first-order chi connectivity index (χ1) is 8.97. The summed E-state index contributed by atoms with van der Waals surface area (Å²) in [6.07, 6.45) is 0. The minimum absolute atomic E-state index is 0.303. The van der Waals surface area contributed by atoms with Crippen molar-refractivity contribution in [1.29, 1.82) is 0 Å². The number of halogens is 1. The molecule has 5 N–H and O–H groups in total. The summed E-state index contributed by atoms with van der Waals surface area (Å²) in [5, 5.41) is 2.69. The van der Waals surface area contributed by atoms with Gasteiger partial charge in [0, 0.05) is 17.1 Å². The second kappa shape index (κ2) is 4.97. The van der Waals surface area contributed by atoms with Crippen LogP contribution >= 0.6 is 0 Å². The summed E-state index contributed by atoms with van der Waals surface area (Å²) < 4.78 is 13.0. The molecule has 0 spiro atoms. The van der Waals surface area contributed by atoms with E-state index in [4.69, 9.17) is 11.5 Å². The lowest BCUT2D eigenvalue weighted by Gasteiger charge is -2.10. The molecule has 5 heteroatoms. The molecule has 0 saturated carbocycles. The van der Waals surface area contributed by atoms with E-state index in [1.54, 1.807) is 19.1 Å². The summed E-state index contributed by atoms with van der Waals surface area (Å²) in [6.45, 7) is 1.71. The number of nitrogen functional groups attached to an aromatic ring is 2. The van der Waals surface area contributed by atoms with Crippen molar-refractivity contribution < 1.29 is 9.18 Å². The first-order valence-electron chi connectivity index (χ1n) is 5.70. The molecule has 0 aliphatic carbocycles. The van der Waals surface area contributed by atoms with Crippen LogP contribution in [0.25, 0.3) is 0 Å². The van der Waals surface area contributed by atoms with Crippen LogP contribution in [0.5, 0.6) is 0 Å². The quantitative estimate of drug-likeness (QED) is 0.725. The van der Waals surface area contributed by atoms with Gasteiger partial charge in [-0.2, -0.15) is 0 Å². The Hall–Kier alpha value is -2.56. The molecule has 19 heavy (non-hydrogen) atoms. The molecule has 0 fully saturated rings. The molecule has 98 valence electrons. The highest BCUT2D eigenvalue weighted by molar-refractivity contribution is 6.08. The zero-order valence-electron chi connectivity index (χ0n) is 10.4. The van der Waals surface area contributed by atoms with E-state index in [2.05, 4.69) is 5.32 Å². The lowest BCUT2D eigenvalue weighted by atomic mass is 10.1. The number of nitrogens with one attached hydrogen (secondary N) is 1. The Kier molecular flexibility index (Phi) is 3.37. The zero-order valence-corrected chi connectivity index (χ0v) is 10.4. The smallest absolute Gasteiger partial charge is 0.257 e. The molecule has 0 unspecified atom stereocenters. The van der Waals surface area contributed by atoms with Gasteiger partial charge in [0.05, 0.1) is 5.56 Å². The molecule has 0 saturated heterocycles. The Morgan fingerprint density at radius 1 is 1.16 bits per heavy atom. The number of hydrogen-bond donors (Lipinski definition) is 3. The zero-order chi connectivity index (χ0) is 14.0. The summed E-state index contributed by atoms with van der Waals surface area (Å²) in [5.74, 6) is -0.699. The van der Waals surface area contributed by atoms with Crippen LogP contribution in [-0.2, 0) is 0 Å². The topological polar surface area (TPSA) is 81.1 Å². The third-order valence-electron chi connectivity index (χ3n) is 2.76. The van der Waals surface area contributed by atoms with Gasteiger partial charge in [-0.3, -0.25) is 4.79 Å². The van der Waals surface area contributed by atoms with Crippen molar-refractivity contribution in [3.05, 3.63) is 53.3 Å². The lowest BCUT2D eigenvalue weighted by Crippen LogP contribution is -2.15. The number of nitrogens with two attached hydrogens (primary N) is 2. The minimum atomic E-state index is -0.354. The van der Waals surface area contributed by atoms with Gasteiger partial charge in [-0.15, -0.1) is 0 Å². The van der Waals surface area contributed by atoms with Gasteiger partial charge in [0.25, 0.3) is 5.91 Å². The number of benzene rings is 2.